The molecular weight excluding hydrogens is 745 g/mol. The second-order valence-electron chi connectivity index (χ2n) is 17.4. The van der Waals surface area contributed by atoms with Crippen LogP contribution >= 0.6 is 0 Å². The molecule has 0 amide bonds. The van der Waals surface area contributed by atoms with E-state index in [4.69, 9.17) is 14.2 Å². The van der Waals surface area contributed by atoms with Crippen molar-refractivity contribution in [3.05, 3.63) is 36.5 Å². The Morgan fingerprint density at radius 2 is 0.617 bits per heavy atom. The maximum atomic E-state index is 12.7. The van der Waals surface area contributed by atoms with E-state index in [-0.39, 0.29) is 31.1 Å². The molecule has 0 aromatic heterocycles. The highest BCUT2D eigenvalue weighted by atomic mass is 16.6. The highest BCUT2D eigenvalue weighted by Crippen LogP contribution is 2.15. The summed E-state index contributed by atoms with van der Waals surface area (Å²) in [6.07, 6.45) is 57.5. The first-order chi connectivity index (χ1) is 29.5. The van der Waals surface area contributed by atoms with E-state index in [1.807, 2.05) is 0 Å². The van der Waals surface area contributed by atoms with Crippen molar-refractivity contribution in [3.63, 3.8) is 0 Å². The van der Waals surface area contributed by atoms with E-state index in [9.17, 15) is 14.4 Å². The zero-order chi connectivity index (χ0) is 43.7. The van der Waals surface area contributed by atoms with Gasteiger partial charge in [-0.05, 0) is 70.6 Å². The van der Waals surface area contributed by atoms with Crippen molar-refractivity contribution in [3.8, 4) is 0 Å². The van der Waals surface area contributed by atoms with Crippen LogP contribution in [0.1, 0.15) is 271 Å². The Morgan fingerprint density at radius 3 is 0.983 bits per heavy atom. The van der Waals surface area contributed by atoms with Gasteiger partial charge in [-0.25, -0.2) is 0 Å². The van der Waals surface area contributed by atoms with E-state index in [1.165, 1.54) is 141 Å². The Balaban J connectivity index is 4.09. The Hall–Kier alpha value is -2.37. The summed E-state index contributed by atoms with van der Waals surface area (Å²) in [6, 6.07) is 0. The second-order valence-corrected chi connectivity index (χ2v) is 17.4. The van der Waals surface area contributed by atoms with Crippen molar-refractivity contribution < 1.29 is 28.6 Å². The van der Waals surface area contributed by atoms with E-state index in [0.29, 0.717) is 19.3 Å². The van der Waals surface area contributed by atoms with Crippen molar-refractivity contribution in [1.29, 1.82) is 0 Å². The van der Waals surface area contributed by atoms with Crippen LogP contribution in [0.25, 0.3) is 0 Å². The Labute approximate surface area is 372 Å². The summed E-state index contributed by atoms with van der Waals surface area (Å²) in [6.45, 7) is 6.52. The maximum absolute atomic E-state index is 12.7. The molecule has 1 unspecified atom stereocenters. The first-order valence-corrected chi connectivity index (χ1v) is 26.0. The molecule has 0 heterocycles. The minimum absolute atomic E-state index is 0.0769. The van der Waals surface area contributed by atoms with Crippen LogP contribution in [-0.4, -0.2) is 37.2 Å². The third-order valence-electron chi connectivity index (χ3n) is 11.4. The number of rotatable bonds is 47. The summed E-state index contributed by atoms with van der Waals surface area (Å²) in [4.78, 5) is 37.6. The molecule has 0 bridgehead atoms. The minimum Gasteiger partial charge on any atom is -0.462 e. The number of esters is 3. The third kappa shape index (κ3) is 46.7. The molecule has 0 spiro atoms. The number of ether oxygens (including phenoxy) is 3. The number of allylic oxidation sites excluding steroid dienone is 6. The number of carbonyl (C=O) groups excluding carboxylic acids is 3. The highest BCUT2D eigenvalue weighted by molar-refractivity contribution is 5.71. The lowest BCUT2D eigenvalue weighted by atomic mass is 10.0. The van der Waals surface area contributed by atoms with Crippen LogP contribution in [0.5, 0.6) is 0 Å². The minimum atomic E-state index is -0.773. The third-order valence-corrected chi connectivity index (χ3v) is 11.4. The zero-order valence-corrected chi connectivity index (χ0v) is 40.0. The first kappa shape index (κ1) is 57.6. The van der Waals surface area contributed by atoms with Gasteiger partial charge in [0.15, 0.2) is 6.10 Å². The van der Waals surface area contributed by atoms with Gasteiger partial charge < -0.3 is 14.2 Å². The van der Waals surface area contributed by atoms with Crippen LogP contribution in [-0.2, 0) is 28.6 Å². The van der Waals surface area contributed by atoms with Crippen molar-refractivity contribution in [2.75, 3.05) is 13.2 Å². The fraction of sp³-hybridized carbons (Fsp3) is 0.833. The van der Waals surface area contributed by atoms with Crippen LogP contribution < -0.4 is 0 Å². The number of hydrogen-bond acceptors (Lipinski definition) is 6. The predicted molar refractivity (Wildman–Crippen MR) is 256 cm³/mol. The van der Waals surface area contributed by atoms with Gasteiger partial charge in [-0.2, -0.15) is 0 Å². The van der Waals surface area contributed by atoms with Crippen molar-refractivity contribution in [2.24, 2.45) is 0 Å². The van der Waals surface area contributed by atoms with Crippen LogP contribution in [0, 0.1) is 0 Å². The molecule has 0 aliphatic heterocycles. The standard InChI is InChI=1S/C54H98O6/c1-4-7-10-13-15-17-19-21-23-24-25-26-27-28-29-30-31-33-34-36-38-41-44-47-53(56)59-50-51(49-58-52(55)46-43-40-12-9-6-3)60-54(57)48-45-42-39-37-35-32-22-20-18-16-14-11-8-5-2/h14,16,20,22,24-25,51H,4-13,15,17-19,21,23,26-50H2,1-3H3/b16-14-,22-20-,25-24-. The molecular formula is C54H98O6. The van der Waals surface area contributed by atoms with Crippen LogP contribution in [0.2, 0.25) is 0 Å². The number of hydrogen-bond donors (Lipinski definition) is 0. The maximum Gasteiger partial charge on any atom is 0.306 e. The first-order valence-electron chi connectivity index (χ1n) is 26.0. The topological polar surface area (TPSA) is 78.9 Å². The molecule has 6 nitrogen and oxygen atoms in total. The summed E-state index contributed by atoms with van der Waals surface area (Å²) >= 11 is 0. The quantitative estimate of drug-likeness (QED) is 0.0263. The van der Waals surface area contributed by atoms with Crippen molar-refractivity contribution >= 4 is 17.9 Å². The largest absolute Gasteiger partial charge is 0.462 e. The Morgan fingerprint density at radius 1 is 0.333 bits per heavy atom. The van der Waals surface area contributed by atoms with Gasteiger partial charge in [-0.1, -0.05) is 218 Å². The van der Waals surface area contributed by atoms with E-state index >= 15 is 0 Å². The molecule has 6 heteroatoms. The summed E-state index contributed by atoms with van der Waals surface area (Å²) in [5, 5.41) is 0. The van der Waals surface area contributed by atoms with Gasteiger partial charge in [-0.3, -0.25) is 14.4 Å². The van der Waals surface area contributed by atoms with Gasteiger partial charge in [-0.15, -0.1) is 0 Å². The second kappa shape index (κ2) is 49.3. The predicted octanol–water partition coefficient (Wildman–Crippen LogP) is 16.9. The van der Waals surface area contributed by atoms with E-state index < -0.39 is 6.10 Å². The van der Waals surface area contributed by atoms with E-state index in [2.05, 4.69) is 57.2 Å². The van der Waals surface area contributed by atoms with Crippen molar-refractivity contribution in [1.82, 2.24) is 0 Å². The molecule has 0 aliphatic rings. The summed E-state index contributed by atoms with van der Waals surface area (Å²) in [5.41, 5.74) is 0. The molecule has 0 aliphatic carbocycles. The Kier molecular flexibility index (Phi) is 47.3. The van der Waals surface area contributed by atoms with E-state index in [1.54, 1.807) is 0 Å². The van der Waals surface area contributed by atoms with Crippen LogP contribution in [0.15, 0.2) is 36.5 Å². The molecule has 0 rings (SSSR count). The summed E-state index contributed by atoms with van der Waals surface area (Å²) in [7, 11) is 0. The molecule has 0 saturated carbocycles. The normalized spacial score (nSPS) is 12.2. The fourth-order valence-electron chi connectivity index (χ4n) is 7.39. The molecule has 0 aromatic rings. The summed E-state index contributed by atoms with van der Waals surface area (Å²) < 4.78 is 16.6. The smallest absolute Gasteiger partial charge is 0.306 e. The Bertz CT molecular complexity index is 1020. The molecule has 0 aromatic carbocycles. The van der Waals surface area contributed by atoms with Gasteiger partial charge in [0.05, 0.1) is 0 Å². The molecule has 0 N–H and O–H groups in total. The monoisotopic (exact) mass is 843 g/mol. The van der Waals surface area contributed by atoms with Crippen LogP contribution in [0.4, 0.5) is 0 Å². The van der Waals surface area contributed by atoms with Gasteiger partial charge in [0, 0.05) is 19.3 Å². The van der Waals surface area contributed by atoms with Crippen molar-refractivity contribution in [2.45, 2.75) is 277 Å². The number of unbranched alkanes of at least 4 members (excludes halogenated alkanes) is 30. The molecule has 0 fully saturated rings. The summed E-state index contributed by atoms with van der Waals surface area (Å²) in [5.74, 6) is -0.899. The highest BCUT2D eigenvalue weighted by Gasteiger charge is 2.19. The lowest BCUT2D eigenvalue weighted by Crippen LogP contribution is -2.30. The zero-order valence-electron chi connectivity index (χ0n) is 40.0. The average Bonchev–Trinajstić information content (AvgIpc) is 3.24. The molecule has 350 valence electrons. The fourth-order valence-corrected chi connectivity index (χ4v) is 7.39. The van der Waals surface area contributed by atoms with Gasteiger partial charge in [0.25, 0.3) is 0 Å². The van der Waals surface area contributed by atoms with E-state index in [0.717, 1.165) is 89.9 Å². The average molecular weight is 843 g/mol. The van der Waals surface area contributed by atoms with Gasteiger partial charge in [0.2, 0.25) is 0 Å². The van der Waals surface area contributed by atoms with Gasteiger partial charge in [0.1, 0.15) is 13.2 Å². The van der Waals surface area contributed by atoms with Crippen LogP contribution in [0.3, 0.4) is 0 Å². The molecule has 0 saturated heterocycles. The number of carbonyl (C=O) groups is 3. The molecule has 1 atom stereocenters. The lowest BCUT2D eigenvalue weighted by Gasteiger charge is -2.18. The molecule has 0 radical (unpaired) electrons. The SMILES string of the molecule is CCCC/C=C\C/C=C\CCCCCCCC(=O)OC(COC(=O)CCCCCCC)COC(=O)CCCCCCCCCCCCC/C=C\CCCCCCCCCC. The lowest BCUT2D eigenvalue weighted by molar-refractivity contribution is -0.167. The molecule has 60 heavy (non-hydrogen) atoms. The van der Waals surface area contributed by atoms with Gasteiger partial charge >= 0.3 is 17.9 Å².